The largest absolute Gasteiger partial charge is 0.379 e. The van der Waals surface area contributed by atoms with Crippen LogP contribution in [-0.4, -0.2) is 17.9 Å². The normalized spacial score (nSPS) is 11.8. The first-order chi connectivity index (χ1) is 5.77. The molecule has 0 heterocycles. The summed E-state index contributed by atoms with van der Waals surface area (Å²) in [5.74, 6) is 0. The first-order valence-electron chi connectivity index (χ1n) is 5.18. The van der Waals surface area contributed by atoms with Crippen molar-refractivity contribution < 1.29 is 5.11 Å². The summed E-state index contributed by atoms with van der Waals surface area (Å²) in [6, 6.07) is 0. The van der Waals surface area contributed by atoms with E-state index < -0.39 is 0 Å². The molecule has 1 atom stereocenters. The topological polar surface area (TPSA) is 32.3 Å². The molecule has 0 amide bonds. The Kier molecular flexibility index (Phi) is 16.3. The number of hydrogen-bond acceptors (Lipinski definition) is 2. The molecule has 0 bridgehead atoms. The Hall–Kier alpha value is -0.0800. The van der Waals surface area contributed by atoms with Gasteiger partial charge in [0.15, 0.2) is 0 Å². The van der Waals surface area contributed by atoms with E-state index in [0.29, 0.717) is 0 Å². The van der Waals surface area contributed by atoms with Crippen molar-refractivity contribution in [2.24, 2.45) is 0 Å². The SMILES string of the molecule is CC.CCCCCCNC(C)O. The number of hydrogen-bond donors (Lipinski definition) is 2. The molecular formula is C10H25NO. The fourth-order valence-electron chi connectivity index (χ4n) is 0.863. The Morgan fingerprint density at radius 3 is 2.17 bits per heavy atom. The van der Waals surface area contributed by atoms with Gasteiger partial charge in [-0.1, -0.05) is 40.0 Å². The van der Waals surface area contributed by atoms with E-state index in [1.807, 2.05) is 13.8 Å². The van der Waals surface area contributed by atoms with E-state index >= 15 is 0 Å². The summed E-state index contributed by atoms with van der Waals surface area (Å²) in [6.45, 7) is 8.89. The zero-order chi connectivity index (χ0) is 9.82. The van der Waals surface area contributed by atoms with Gasteiger partial charge in [-0.3, -0.25) is 5.32 Å². The standard InChI is InChI=1S/C8H19NO.C2H6/c1-3-4-5-6-7-9-8(2)10;1-2/h8-10H,3-7H2,1-2H3;1-2H3. The van der Waals surface area contributed by atoms with Crippen LogP contribution in [0.15, 0.2) is 0 Å². The monoisotopic (exact) mass is 175 g/mol. The fourth-order valence-corrected chi connectivity index (χ4v) is 0.863. The van der Waals surface area contributed by atoms with E-state index in [0.717, 1.165) is 6.54 Å². The van der Waals surface area contributed by atoms with Crippen LogP contribution in [0.1, 0.15) is 53.4 Å². The first kappa shape index (κ1) is 14.4. The lowest BCUT2D eigenvalue weighted by Gasteiger charge is -2.05. The molecular weight excluding hydrogens is 150 g/mol. The van der Waals surface area contributed by atoms with Crippen LogP contribution in [0.4, 0.5) is 0 Å². The summed E-state index contributed by atoms with van der Waals surface area (Å²) < 4.78 is 0. The number of aliphatic hydroxyl groups is 1. The van der Waals surface area contributed by atoms with Gasteiger partial charge in [-0.25, -0.2) is 0 Å². The maximum atomic E-state index is 8.80. The number of nitrogens with one attached hydrogen (secondary N) is 1. The third-order valence-electron chi connectivity index (χ3n) is 1.47. The highest BCUT2D eigenvalue weighted by Crippen LogP contribution is 1.96. The third kappa shape index (κ3) is 16.5. The molecule has 0 aromatic rings. The third-order valence-corrected chi connectivity index (χ3v) is 1.47. The summed E-state index contributed by atoms with van der Waals surface area (Å²) in [4.78, 5) is 0. The minimum atomic E-state index is -0.346. The second-order valence-electron chi connectivity index (χ2n) is 2.69. The van der Waals surface area contributed by atoms with Crippen molar-refractivity contribution in [3.63, 3.8) is 0 Å². The van der Waals surface area contributed by atoms with Crippen molar-refractivity contribution in [1.29, 1.82) is 0 Å². The molecule has 12 heavy (non-hydrogen) atoms. The molecule has 2 N–H and O–H groups in total. The molecule has 76 valence electrons. The predicted octanol–water partition coefficient (Wildman–Crippen LogP) is 2.52. The van der Waals surface area contributed by atoms with Crippen LogP contribution in [0.25, 0.3) is 0 Å². The number of unbranched alkanes of at least 4 members (excludes halogenated alkanes) is 3. The van der Waals surface area contributed by atoms with Gasteiger partial charge in [0.2, 0.25) is 0 Å². The van der Waals surface area contributed by atoms with Crippen LogP contribution in [0.2, 0.25) is 0 Å². The van der Waals surface area contributed by atoms with Crippen molar-refractivity contribution >= 4 is 0 Å². The van der Waals surface area contributed by atoms with Gasteiger partial charge in [-0.05, 0) is 19.9 Å². The van der Waals surface area contributed by atoms with Gasteiger partial charge < -0.3 is 5.11 Å². The molecule has 0 aliphatic carbocycles. The van der Waals surface area contributed by atoms with Crippen molar-refractivity contribution in [2.75, 3.05) is 6.54 Å². The number of aliphatic hydroxyl groups excluding tert-OH is 1. The van der Waals surface area contributed by atoms with Gasteiger partial charge in [0.1, 0.15) is 6.23 Å². The van der Waals surface area contributed by atoms with E-state index in [4.69, 9.17) is 5.11 Å². The first-order valence-corrected chi connectivity index (χ1v) is 5.18. The Morgan fingerprint density at radius 2 is 1.75 bits per heavy atom. The summed E-state index contributed by atoms with van der Waals surface area (Å²) >= 11 is 0. The molecule has 1 unspecified atom stereocenters. The van der Waals surface area contributed by atoms with Gasteiger partial charge in [0, 0.05) is 0 Å². The van der Waals surface area contributed by atoms with Gasteiger partial charge in [0.05, 0.1) is 0 Å². The van der Waals surface area contributed by atoms with Crippen molar-refractivity contribution in [2.45, 2.75) is 59.6 Å². The molecule has 0 aliphatic heterocycles. The van der Waals surface area contributed by atoms with Crippen molar-refractivity contribution in [3.05, 3.63) is 0 Å². The molecule has 0 aromatic carbocycles. The molecule has 0 radical (unpaired) electrons. The highest BCUT2D eigenvalue weighted by Gasteiger charge is 1.91. The molecule has 0 spiro atoms. The van der Waals surface area contributed by atoms with Gasteiger partial charge in [0.25, 0.3) is 0 Å². The zero-order valence-corrected chi connectivity index (χ0v) is 9.06. The molecule has 0 saturated heterocycles. The highest BCUT2D eigenvalue weighted by molar-refractivity contribution is 4.47. The molecule has 0 rings (SSSR count). The quantitative estimate of drug-likeness (QED) is 0.480. The summed E-state index contributed by atoms with van der Waals surface area (Å²) in [6.07, 6.45) is 4.69. The highest BCUT2D eigenvalue weighted by atomic mass is 16.3. The summed E-state index contributed by atoms with van der Waals surface area (Å²) in [5, 5.41) is 11.8. The molecule has 0 fully saturated rings. The van der Waals surface area contributed by atoms with E-state index in [1.165, 1.54) is 25.7 Å². The second-order valence-corrected chi connectivity index (χ2v) is 2.69. The average Bonchev–Trinajstić information content (AvgIpc) is 2.07. The molecule has 2 heteroatoms. The van der Waals surface area contributed by atoms with E-state index in [1.54, 1.807) is 6.92 Å². The lowest BCUT2D eigenvalue weighted by molar-refractivity contribution is 0.156. The van der Waals surface area contributed by atoms with Crippen LogP contribution >= 0.6 is 0 Å². The maximum Gasteiger partial charge on any atom is 0.102 e. The van der Waals surface area contributed by atoms with E-state index in [2.05, 4.69) is 12.2 Å². The molecule has 0 aliphatic rings. The Labute approximate surface area is 77.4 Å². The van der Waals surface area contributed by atoms with Crippen molar-refractivity contribution in [3.8, 4) is 0 Å². The van der Waals surface area contributed by atoms with Crippen LogP contribution < -0.4 is 5.32 Å². The van der Waals surface area contributed by atoms with Crippen LogP contribution in [-0.2, 0) is 0 Å². The maximum absolute atomic E-state index is 8.80. The zero-order valence-electron chi connectivity index (χ0n) is 9.06. The van der Waals surface area contributed by atoms with Crippen LogP contribution in [0.3, 0.4) is 0 Å². The molecule has 2 nitrogen and oxygen atoms in total. The fraction of sp³-hybridized carbons (Fsp3) is 1.00. The summed E-state index contributed by atoms with van der Waals surface area (Å²) in [5.41, 5.74) is 0. The lowest BCUT2D eigenvalue weighted by Crippen LogP contribution is -2.26. The van der Waals surface area contributed by atoms with E-state index in [9.17, 15) is 0 Å². The van der Waals surface area contributed by atoms with Gasteiger partial charge in [-0.15, -0.1) is 0 Å². The second kappa shape index (κ2) is 13.5. The molecule has 0 saturated carbocycles. The molecule has 0 aromatic heterocycles. The van der Waals surface area contributed by atoms with Gasteiger partial charge >= 0.3 is 0 Å². The minimum absolute atomic E-state index is 0.346. The van der Waals surface area contributed by atoms with Crippen LogP contribution in [0.5, 0.6) is 0 Å². The Balaban J connectivity index is 0. The number of rotatable bonds is 6. The van der Waals surface area contributed by atoms with Gasteiger partial charge in [-0.2, -0.15) is 0 Å². The minimum Gasteiger partial charge on any atom is -0.379 e. The Morgan fingerprint density at radius 1 is 1.17 bits per heavy atom. The van der Waals surface area contributed by atoms with E-state index in [-0.39, 0.29) is 6.23 Å². The van der Waals surface area contributed by atoms with Crippen LogP contribution in [0, 0.1) is 0 Å². The average molecular weight is 175 g/mol. The Bertz CT molecular complexity index is 64.9. The smallest absolute Gasteiger partial charge is 0.102 e. The lowest BCUT2D eigenvalue weighted by atomic mass is 10.2. The summed E-state index contributed by atoms with van der Waals surface area (Å²) in [7, 11) is 0. The van der Waals surface area contributed by atoms with Crippen molar-refractivity contribution in [1.82, 2.24) is 5.32 Å². The predicted molar refractivity (Wildman–Crippen MR) is 55.2 cm³/mol.